The molecule has 104 valence electrons. The highest BCUT2D eigenvalue weighted by atomic mass is 19.1. The number of carboxylic acids is 1. The van der Waals surface area contributed by atoms with Crippen LogP contribution in [-0.4, -0.2) is 20.6 Å². The molecule has 1 aromatic heterocycles. The minimum Gasteiger partial charge on any atom is -0.481 e. The summed E-state index contributed by atoms with van der Waals surface area (Å²) in [6, 6.07) is 6.54. The minimum atomic E-state index is -1.05. The Morgan fingerprint density at radius 3 is 2.40 bits per heavy atom. The van der Waals surface area contributed by atoms with Gasteiger partial charge in [-0.05, 0) is 11.1 Å². The van der Waals surface area contributed by atoms with Gasteiger partial charge in [0.15, 0.2) is 0 Å². The van der Waals surface area contributed by atoms with Crippen LogP contribution < -0.4 is 11.2 Å². The van der Waals surface area contributed by atoms with E-state index in [0.717, 1.165) is 10.8 Å². The summed E-state index contributed by atoms with van der Waals surface area (Å²) in [7, 11) is 0. The van der Waals surface area contributed by atoms with Crippen molar-refractivity contribution in [3.8, 4) is 0 Å². The predicted octanol–water partition coefficient (Wildman–Crippen LogP) is 0.351. The van der Waals surface area contributed by atoms with Gasteiger partial charge in [-0.2, -0.15) is 4.39 Å². The first kappa shape index (κ1) is 13.7. The Kier molecular flexibility index (Phi) is 3.79. The van der Waals surface area contributed by atoms with Crippen LogP contribution in [0.4, 0.5) is 4.39 Å². The van der Waals surface area contributed by atoms with Crippen LogP contribution in [0, 0.1) is 5.82 Å². The van der Waals surface area contributed by atoms with E-state index in [9.17, 15) is 18.8 Å². The monoisotopic (exact) mass is 278 g/mol. The van der Waals surface area contributed by atoms with E-state index in [4.69, 9.17) is 5.11 Å². The minimum absolute atomic E-state index is 0.0832. The zero-order valence-corrected chi connectivity index (χ0v) is 10.3. The van der Waals surface area contributed by atoms with Crippen LogP contribution in [0.2, 0.25) is 0 Å². The first-order chi connectivity index (χ1) is 9.45. The standard InChI is InChI=1S/C13H11FN2O4/c14-10-7-16(13(20)15-12(10)19)6-9-3-1-8(2-4-9)5-11(17)18/h1-4,7H,5-6H2,(H,17,18)(H,15,19,20). The van der Waals surface area contributed by atoms with Gasteiger partial charge < -0.3 is 5.11 Å². The van der Waals surface area contributed by atoms with Crippen LogP contribution in [0.15, 0.2) is 40.1 Å². The van der Waals surface area contributed by atoms with Gasteiger partial charge in [0.05, 0.1) is 19.2 Å². The Morgan fingerprint density at radius 2 is 1.80 bits per heavy atom. The van der Waals surface area contributed by atoms with E-state index in [2.05, 4.69) is 0 Å². The molecule has 7 heteroatoms. The van der Waals surface area contributed by atoms with Gasteiger partial charge in [0.1, 0.15) is 0 Å². The number of aromatic nitrogens is 2. The van der Waals surface area contributed by atoms with Gasteiger partial charge in [0, 0.05) is 0 Å². The van der Waals surface area contributed by atoms with Crippen molar-refractivity contribution in [2.75, 3.05) is 0 Å². The van der Waals surface area contributed by atoms with E-state index >= 15 is 0 Å². The fourth-order valence-electron chi connectivity index (χ4n) is 1.73. The van der Waals surface area contributed by atoms with E-state index in [-0.39, 0.29) is 13.0 Å². The fourth-order valence-corrected chi connectivity index (χ4v) is 1.73. The Hall–Kier alpha value is -2.70. The van der Waals surface area contributed by atoms with E-state index in [1.165, 1.54) is 0 Å². The van der Waals surface area contributed by atoms with Crippen LogP contribution in [0.3, 0.4) is 0 Å². The van der Waals surface area contributed by atoms with Crippen molar-refractivity contribution in [1.82, 2.24) is 9.55 Å². The Labute approximate surface area is 112 Å². The molecule has 2 rings (SSSR count). The lowest BCUT2D eigenvalue weighted by molar-refractivity contribution is -0.136. The van der Waals surface area contributed by atoms with Crippen LogP contribution >= 0.6 is 0 Å². The lowest BCUT2D eigenvalue weighted by atomic mass is 10.1. The molecule has 20 heavy (non-hydrogen) atoms. The Balaban J connectivity index is 2.22. The molecule has 0 spiro atoms. The van der Waals surface area contributed by atoms with Crippen LogP contribution in [0.5, 0.6) is 0 Å². The molecule has 0 aliphatic carbocycles. The summed E-state index contributed by atoms with van der Waals surface area (Å²) in [4.78, 5) is 34.8. The van der Waals surface area contributed by atoms with Crippen molar-refractivity contribution in [1.29, 1.82) is 0 Å². The number of hydrogen-bond acceptors (Lipinski definition) is 3. The SMILES string of the molecule is O=C(O)Cc1ccc(Cn2cc(F)c(=O)[nH]c2=O)cc1. The largest absolute Gasteiger partial charge is 0.481 e. The van der Waals surface area contributed by atoms with Crippen molar-refractivity contribution in [3.63, 3.8) is 0 Å². The zero-order chi connectivity index (χ0) is 14.7. The van der Waals surface area contributed by atoms with Crippen molar-refractivity contribution in [2.45, 2.75) is 13.0 Å². The molecule has 1 heterocycles. The molecule has 0 saturated heterocycles. The van der Waals surface area contributed by atoms with Gasteiger partial charge in [0.25, 0.3) is 5.56 Å². The summed E-state index contributed by atoms with van der Waals surface area (Å²) >= 11 is 0. The van der Waals surface area contributed by atoms with Gasteiger partial charge in [-0.25, -0.2) is 4.79 Å². The number of rotatable bonds is 4. The number of aliphatic carboxylic acids is 1. The fraction of sp³-hybridized carbons (Fsp3) is 0.154. The summed E-state index contributed by atoms with van der Waals surface area (Å²) in [6.45, 7) is 0.0832. The molecule has 0 unspecified atom stereocenters. The first-order valence-electron chi connectivity index (χ1n) is 5.74. The number of benzene rings is 1. The molecule has 2 N–H and O–H groups in total. The molecular weight excluding hydrogens is 267 g/mol. The van der Waals surface area contributed by atoms with Crippen molar-refractivity contribution in [2.24, 2.45) is 0 Å². The second-order valence-electron chi connectivity index (χ2n) is 4.25. The maximum atomic E-state index is 13.1. The van der Waals surface area contributed by atoms with Crippen molar-refractivity contribution in [3.05, 3.63) is 68.2 Å². The van der Waals surface area contributed by atoms with Crippen LogP contribution in [-0.2, 0) is 17.8 Å². The average Bonchev–Trinajstić information content (AvgIpc) is 2.37. The van der Waals surface area contributed by atoms with Crippen LogP contribution in [0.25, 0.3) is 0 Å². The molecule has 2 aromatic rings. The third kappa shape index (κ3) is 3.19. The molecule has 0 fully saturated rings. The number of aromatic amines is 1. The maximum absolute atomic E-state index is 13.1. The lowest BCUT2D eigenvalue weighted by Crippen LogP contribution is -2.31. The average molecular weight is 278 g/mol. The summed E-state index contributed by atoms with van der Waals surface area (Å²) in [5.74, 6) is -1.97. The molecule has 0 atom stereocenters. The normalized spacial score (nSPS) is 10.4. The van der Waals surface area contributed by atoms with E-state index in [0.29, 0.717) is 11.1 Å². The maximum Gasteiger partial charge on any atom is 0.328 e. The number of nitrogens with zero attached hydrogens (tertiary/aromatic N) is 1. The van der Waals surface area contributed by atoms with E-state index in [1.807, 2.05) is 4.98 Å². The van der Waals surface area contributed by atoms with Crippen LogP contribution in [0.1, 0.15) is 11.1 Å². The van der Waals surface area contributed by atoms with Crippen molar-refractivity contribution >= 4 is 5.97 Å². The van der Waals surface area contributed by atoms with Gasteiger partial charge in [-0.15, -0.1) is 0 Å². The van der Waals surface area contributed by atoms with Gasteiger partial charge in [-0.3, -0.25) is 19.1 Å². The molecule has 1 aromatic carbocycles. The lowest BCUT2D eigenvalue weighted by Gasteiger charge is -2.06. The van der Waals surface area contributed by atoms with Crippen molar-refractivity contribution < 1.29 is 14.3 Å². The van der Waals surface area contributed by atoms with Gasteiger partial charge >= 0.3 is 11.7 Å². The zero-order valence-electron chi connectivity index (χ0n) is 10.3. The molecule has 0 amide bonds. The quantitative estimate of drug-likeness (QED) is 0.844. The number of carbonyl (C=O) groups is 1. The topological polar surface area (TPSA) is 92.2 Å². The highest BCUT2D eigenvalue weighted by molar-refractivity contribution is 5.70. The molecule has 0 bridgehead atoms. The molecule has 0 aliphatic rings. The molecule has 6 nitrogen and oxygen atoms in total. The summed E-state index contributed by atoms with van der Waals surface area (Å²) in [5.41, 5.74) is -0.442. The summed E-state index contributed by atoms with van der Waals surface area (Å²) in [6.07, 6.45) is 0.750. The predicted molar refractivity (Wildman–Crippen MR) is 68.2 cm³/mol. The third-order valence-corrected chi connectivity index (χ3v) is 2.70. The molecular formula is C13H11FN2O4. The number of H-pyrrole nitrogens is 1. The molecule has 0 radical (unpaired) electrons. The Morgan fingerprint density at radius 1 is 1.20 bits per heavy atom. The van der Waals surface area contributed by atoms with Gasteiger partial charge in [-0.1, -0.05) is 24.3 Å². The number of carboxylic acid groups (broad SMARTS) is 1. The highest BCUT2D eigenvalue weighted by Crippen LogP contribution is 2.06. The molecule has 0 aliphatic heterocycles. The van der Waals surface area contributed by atoms with E-state index in [1.54, 1.807) is 24.3 Å². The summed E-state index contributed by atoms with van der Waals surface area (Å²) in [5, 5.41) is 8.64. The number of halogens is 1. The molecule has 0 saturated carbocycles. The van der Waals surface area contributed by atoms with E-state index < -0.39 is 23.0 Å². The number of nitrogens with one attached hydrogen (secondary N) is 1. The number of hydrogen-bond donors (Lipinski definition) is 2. The van der Waals surface area contributed by atoms with Gasteiger partial charge in [0.2, 0.25) is 5.82 Å². The second kappa shape index (κ2) is 5.52. The Bertz CT molecular complexity index is 746. The first-order valence-corrected chi connectivity index (χ1v) is 5.74. The summed E-state index contributed by atoms with van der Waals surface area (Å²) < 4.78 is 14.1. The smallest absolute Gasteiger partial charge is 0.328 e. The highest BCUT2D eigenvalue weighted by Gasteiger charge is 2.05. The third-order valence-electron chi connectivity index (χ3n) is 2.70. The second-order valence-corrected chi connectivity index (χ2v) is 4.25.